The maximum absolute atomic E-state index is 12.8. The van der Waals surface area contributed by atoms with E-state index in [2.05, 4.69) is 26.9 Å². The molecule has 1 fully saturated rings. The Bertz CT molecular complexity index is 948. The van der Waals surface area contributed by atoms with Crippen LogP contribution in [0.25, 0.3) is 6.08 Å². The lowest BCUT2D eigenvalue weighted by atomic mass is 10.1. The average Bonchev–Trinajstić information content (AvgIpc) is 2.73. The van der Waals surface area contributed by atoms with Crippen molar-refractivity contribution in [1.29, 1.82) is 0 Å². The van der Waals surface area contributed by atoms with Gasteiger partial charge in [-0.1, -0.05) is 23.7 Å². The van der Waals surface area contributed by atoms with Gasteiger partial charge in [0, 0.05) is 42.8 Å². The van der Waals surface area contributed by atoms with Crippen molar-refractivity contribution in [1.82, 2.24) is 4.90 Å². The largest absolute Gasteiger partial charge is 0.493 e. The Hall–Kier alpha value is -2.84. The van der Waals surface area contributed by atoms with Crippen molar-refractivity contribution in [2.45, 2.75) is 6.61 Å². The lowest BCUT2D eigenvalue weighted by Gasteiger charge is -2.35. The summed E-state index contributed by atoms with van der Waals surface area (Å²) in [6.07, 6.45) is 2.65. The Morgan fingerprint density at radius 1 is 1.19 bits per heavy atom. The van der Waals surface area contributed by atoms with Crippen molar-refractivity contribution in [2.24, 2.45) is 0 Å². The number of carbonyl (C=O) groups is 1. The molecule has 2 aromatic rings. The first-order chi connectivity index (χ1) is 14.9. The molecule has 0 atom stereocenters. The first-order valence-electron chi connectivity index (χ1n) is 9.71. The molecule has 0 radical (unpaired) electrons. The van der Waals surface area contributed by atoms with Crippen LogP contribution in [0, 0.1) is 0 Å². The van der Waals surface area contributed by atoms with Gasteiger partial charge in [-0.3, -0.25) is 4.79 Å². The number of anilines is 2. The third-order valence-corrected chi connectivity index (χ3v) is 5.15. The number of alkyl halides is 2. The number of nitrogens with one attached hydrogen (secondary N) is 1. The Morgan fingerprint density at radius 3 is 2.61 bits per heavy atom. The van der Waals surface area contributed by atoms with E-state index in [1.807, 2.05) is 6.07 Å². The zero-order chi connectivity index (χ0) is 22.4. The topological polar surface area (TPSA) is 54.0 Å². The molecule has 1 N–H and O–H groups in total. The number of nitrogens with zero attached hydrogens (tertiary/aromatic N) is 2. The third-order valence-electron chi connectivity index (χ3n) is 4.91. The number of methoxy groups -OCH3 is 1. The Kier molecular flexibility index (Phi) is 7.70. The number of hydrogen-bond donors (Lipinski definition) is 1. The summed E-state index contributed by atoms with van der Waals surface area (Å²) in [5.41, 5.74) is 1.75. The lowest BCUT2D eigenvalue weighted by Crippen LogP contribution is -2.44. The summed E-state index contributed by atoms with van der Waals surface area (Å²) < 4.78 is 35.2. The monoisotopic (exact) mass is 451 g/mol. The molecule has 6 nitrogen and oxygen atoms in total. The molecule has 0 spiro atoms. The first kappa shape index (κ1) is 22.8. The summed E-state index contributed by atoms with van der Waals surface area (Å²) in [7, 11) is 3.42. The Morgan fingerprint density at radius 2 is 1.94 bits per heavy atom. The molecule has 166 valence electrons. The van der Waals surface area contributed by atoms with Crippen LogP contribution in [-0.4, -0.2) is 57.8 Å². The van der Waals surface area contributed by atoms with Gasteiger partial charge in [-0.25, -0.2) is 0 Å². The van der Waals surface area contributed by atoms with E-state index in [9.17, 15) is 13.6 Å². The second kappa shape index (κ2) is 10.5. The summed E-state index contributed by atoms with van der Waals surface area (Å²) in [5, 5.41) is 3.33. The molecular formula is C22H24ClF2N3O3. The molecule has 9 heteroatoms. The van der Waals surface area contributed by atoms with E-state index in [0.717, 1.165) is 31.9 Å². The van der Waals surface area contributed by atoms with E-state index < -0.39 is 12.5 Å². The number of para-hydroxylation sites is 1. The van der Waals surface area contributed by atoms with Gasteiger partial charge in [0.15, 0.2) is 11.5 Å². The van der Waals surface area contributed by atoms with Crippen LogP contribution in [0.1, 0.15) is 5.56 Å². The molecule has 1 aliphatic heterocycles. The standard InChI is InChI=1S/C22H24ClF2N3O3/c1-27-10-12-28(13-11-27)18-8-7-16(23)14-17(18)26-20(29)9-6-15-4-3-5-19(30-2)21(15)31-22(24)25/h3-9,14,22H,10-13H2,1-2H3,(H,26,29)/b9-6+. The van der Waals surface area contributed by atoms with Crippen LogP contribution in [0.3, 0.4) is 0 Å². The quantitative estimate of drug-likeness (QED) is 0.634. The highest BCUT2D eigenvalue weighted by atomic mass is 35.5. The van der Waals surface area contributed by atoms with Gasteiger partial charge in [0.1, 0.15) is 0 Å². The number of amides is 1. The summed E-state index contributed by atoms with van der Waals surface area (Å²) in [4.78, 5) is 17.0. The molecule has 3 rings (SSSR count). The predicted molar refractivity (Wildman–Crippen MR) is 118 cm³/mol. The lowest BCUT2D eigenvalue weighted by molar-refractivity contribution is -0.111. The van der Waals surface area contributed by atoms with Crippen molar-refractivity contribution in [2.75, 3.05) is 50.6 Å². The van der Waals surface area contributed by atoms with E-state index in [0.29, 0.717) is 16.3 Å². The van der Waals surface area contributed by atoms with Crippen molar-refractivity contribution in [3.63, 3.8) is 0 Å². The number of likely N-dealkylation sites (N-methyl/N-ethyl adjacent to an activating group) is 1. The molecule has 2 aromatic carbocycles. The second-order valence-corrected chi connectivity index (χ2v) is 7.47. The molecule has 31 heavy (non-hydrogen) atoms. The number of carbonyl (C=O) groups excluding carboxylic acids is 1. The van der Waals surface area contributed by atoms with Gasteiger partial charge in [0.05, 0.1) is 18.5 Å². The number of halogens is 3. The first-order valence-corrected chi connectivity index (χ1v) is 10.1. The van der Waals surface area contributed by atoms with Gasteiger partial charge in [0.25, 0.3) is 0 Å². The highest BCUT2D eigenvalue weighted by Gasteiger charge is 2.18. The minimum atomic E-state index is -3.02. The van der Waals surface area contributed by atoms with E-state index in [-0.39, 0.29) is 11.5 Å². The maximum Gasteiger partial charge on any atom is 0.387 e. The van der Waals surface area contributed by atoms with Gasteiger partial charge in [0.2, 0.25) is 5.91 Å². The second-order valence-electron chi connectivity index (χ2n) is 7.03. The predicted octanol–water partition coefficient (Wildman–Crippen LogP) is 4.35. The molecule has 1 aliphatic rings. The summed E-state index contributed by atoms with van der Waals surface area (Å²) in [6.45, 7) is 0.469. The third kappa shape index (κ3) is 6.08. The molecule has 0 aliphatic carbocycles. The van der Waals surface area contributed by atoms with Crippen molar-refractivity contribution >= 4 is 35.0 Å². The molecule has 1 amide bonds. The van der Waals surface area contributed by atoms with Gasteiger partial charge in [-0.2, -0.15) is 8.78 Å². The zero-order valence-electron chi connectivity index (χ0n) is 17.3. The fourth-order valence-corrected chi connectivity index (χ4v) is 3.48. The number of ether oxygens (including phenoxy) is 2. The SMILES string of the molecule is COc1cccc(/C=C/C(=O)Nc2cc(Cl)ccc2N2CCN(C)CC2)c1OC(F)F. The van der Waals surface area contributed by atoms with Gasteiger partial charge in [-0.05, 0) is 37.4 Å². The van der Waals surface area contributed by atoms with Crippen LogP contribution in [-0.2, 0) is 4.79 Å². The van der Waals surface area contributed by atoms with Gasteiger partial charge in [-0.15, -0.1) is 0 Å². The fraction of sp³-hybridized carbons (Fsp3) is 0.318. The van der Waals surface area contributed by atoms with Gasteiger partial charge >= 0.3 is 6.61 Å². The maximum atomic E-state index is 12.8. The summed E-state index contributed by atoms with van der Waals surface area (Å²) in [5.74, 6) is -0.413. The molecular weight excluding hydrogens is 428 g/mol. The Balaban J connectivity index is 1.79. The molecule has 0 saturated carbocycles. The van der Waals surface area contributed by atoms with Crippen LogP contribution >= 0.6 is 11.6 Å². The van der Waals surface area contributed by atoms with E-state index in [1.165, 1.54) is 25.3 Å². The van der Waals surface area contributed by atoms with E-state index >= 15 is 0 Å². The minimum absolute atomic E-state index is 0.134. The molecule has 1 heterocycles. The van der Waals surface area contributed by atoms with Crippen molar-refractivity contribution in [3.8, 4) is 11.5 Å². The van der Waals surface area contributed by atoms with Crippen LogP contribution in [0.4, 0.5) is 20.2 Å². The van der Waals surface area contributed by atoms with Crippen LogP contribution < -0.4 is 19.7 Å². The number of benzene rings is 2. The van der Waals surface area contributed by atoms with Crippen LogP contribution in [0.5, 0.6) is 11.5 Å². The zero-order valence-corrected chi connectivity index (χ0v) is 18.0. The Labute approximate surface area is 185 Å². The molecule has 0 bridgehead atoms. The van der Waals surface area contributed by atoms with Gasteiger partial charge < -0.3 is 24.6 Å². The van der Waals surface area contributed by atoms with Crippen LogP contribution in [0.15, 0.2) is 42.5 Å². The number of piperazine rings is 1. The molecule has 0 unspecified atom stereocenters. The highest BCUT2D eigenvalue weighted by Crippen LogP contribution is 2.34. The van der Waals surface area contributed by atoms with Crippen LogP contribution in [0.2, 0.25) is 5.02 Å². The molecule has 1 saturated heterocycles. The summed E-state index contributed by atoms with van der Waals surface area (Å²) in [6, 6.07) is 10.0. The minimum Gasteiger partial charge on any atom is -0.493 e. The molecule has 0 aromatic heterocycles. The van der Waals surface area contributed by atoms with E-state index in [4.69, 9.17) is 16.3 Å². The van der Waals surface area contributed by atoms with E-state index in [1.54, 1.807) is 24.3 Å². The highest BCUT2D eigenvalue weighted by molar-refractivity contribution is 6.31. The average molecular weight is 452 g/mol. The number of rotatable bonds is 7. The normalized spacial score (nSPS) is 14.8. The summed E-state index contributed by atoms with van der Waals surface area (Å²) >= 11 is 6.14. The van der Waals surface area contributed by atoms with Crippen molar-refractivity contribution in [3.05, 3.63) is 53.1 Å². The fourth-order valence-electron chi connectivity index (χ4n) is 3.31. The van der Waals surface area contributed by atoms with Crippen molar-refractivity contribution < 1.29 is 23.0 Å². The smallest absolute Gasteiger partial charge is 0.387 e. The number of hydrogen-bond acceptors (Lipinski definition) is 5.